The lowest BCUT2D eigenvalue weighted by Crippen LogP contribution is -2.32. The molecule has 3 aromatic rings. The number of nitrogens with one attached hydrogen (secondary N) is 1. The number of ether oxygens (including phenoxy) is 1. The summed E-state index contributed by atoms with van der Waals surface area (Å²) in [5.74, 6) is -0.00590. The van der Waals surface area contributed by atoms with E-state index in [1.54, 1.807) is 25.3 Å². The Bertz CT molecular complexity index is 1170. The van der Waals surface area contributed by atoms with Gasteiger partial charge in [-0.25, -0.2) is 0 Å². The predicted octanol–water partition coefficient (Wildman–Crippen LogP) is 5.05. The molecule has 31 heavy (non-hydrogen) atoms. The van der Waals surface area contributed by atoms with Crippen molar-refractivity contribution in [1.29, 1.82) is 0 Å². The largest absolute Gasteiger partial charge is 0.497 e. The van der Waals surface area contributed by atoms with Crippen LogP contribution < -0.4 is 10.1 Å². The number of benzene rings is 3. The van der Waals surface area contributed by atoms with Crippen LogP contribution in [0.1, 0.15) is 16.7 Å². The molecule has 0 unspecified atom stereocenters. The van der Waals surface area contributed by atoms with Crippen LogP contribution in [0.3, 0.4) is 0 Å². The quantitative estimate of drug-likeness (QED) is 0.554. The van der Waals surface area contributed by atoms with Crippen molar-refractivity contribution >= 4 is 34.7 Å². The van der Waals surface area contributed by atoms with Gasteiger partial charge in [-0.15, -0.1) is 0 Å². The topological polar surface area (TPSA) is 58.6 Å². The van der Waals surface area contributed by atoms with Gasteiger partial charge in [-0.1, -0.05) is 60.1 Å². The molecule has 1 aliphatic heterocycles. The van der Waals surface area contributed by atoms with Gasteiger partial charge in [0.05, 0.1) is 19.2 Å². The van der Waals surface area contributed by atoms with Crippen LogP contribution in [0, 0.1) is 6.92 Å². The summed E-state index contributed by atoms with van der Waals surface area (Å²) >= 11 is 6.25. The number of imide groups is 1. The lowest BCUT2D eigenvalue weighted by Gasteiger charge is -2.16. The molecule has 0 saturated heterocycles. The van der Waals surface area contributed by atoms with E-state index in [4.69, 9.17) is 16.3 Å². The highest BCUT2D eigenvalue weighted by atomic mass is 35.5. The fourth-order valence-electron chi connectivity index (χ4n) is 3.44. The van der Waals surface area contributed by atoms with Gasteiger partial charge in [0, 0.05) is 10.7 Å². The third kappa shape index (κ3) is 4.18. The molecule has 0 bridgehead atoms. The van der Waals surface area contributed by atoms with E-state index in [1.165, 1.54) is 4.90 Å². The lowest BCUT2D eigenvalue weighted by molar-refractivity contribution is -0.137. The molecule has 0 saturated carbocycles. The van der Waals surface area contributed by atoms with Crippen LogP contribution in [0.25, 0.3) is 5.57 Å². The van der Waals surface area contributed by atoms with Crippen molar-refractivity contribution in [2.24, 2.45) is 0 Å². The zero-order chi connectivity index (χ0) is 22.0. The van der Waals surface area contributed by atoms with Crippen molar-refractivity contribution in [2.75, 3.05) is 12.4 Å². The maximum Gasteiger partial charge on any atom is 0.278 e. The van der Waals surface area contributed by atoms with E-state index in [-0.39, 0.29) is 24.1 Å². The second kappa shape index (κ2) is 8.66. The maximum atomic E-state index is 13.3. The standard InChI is InChI=1S/C25H21ClN2O3/c1-16-8-11-19(14-21(16)26)27-23-22(18-6-4-3-5-7-18)24(29)28(25(23)30)15-17-9-12-20(31-2)13-10-17/h3-14,27H,15H2,1-2H3. The van der Waals surface area contributed by atoms with Gasteiger partial charge in [-0.05, 0) is 47.9 Å². The Morgan fingerprint density at radius 2 is 1.65 bits per heavy atom. The van der Waals surface area contributed by atoms with Gasteiger partial charge in [0.2, 0.25) is 0 Å². The zero-order valence-corrected chi connectivity index (χ0v) is 17.9. The Kier molecular flexibility index (Phi) is 5.78. The highest BCUT2D eigenvalue weighted by molar-refractivity contribution is 6.36. The number of carbonyl (C=O) groups excluding carboxylic acids is 2. The van der Waals surface area contributed by atoms with E-state index in [1.807, 2.05) is 61.5 Å². The number of anilines is 1. The molecule has 0 aromatic heterocycles. The Labute approximate surface area is 185 Å². The first kappa shape index (κ1) is 20.7. The summed E-state index contributed by atoms with van der Waals surface area (Å²) in [7, 11) is 1.59. The summed E-state index contributed by atoms with van der Waals surface area (Å²) in [6.45, 7) is 2.07. The monoisotopic (exact) mass is 432 g/mol. The molecule has 4 rings (SSSR count). The van der Waals surface area contributed by atoms with E-state index in [0.29, 0.717) is 27.6 Å². The number of rotatable bonds is 6. The fraction of sp³-hybridized carbons (Fsp3) is 0.120. The van der Waals surface area contributed by atoms with Crippen molar-refractivity contribution in [2.45, 2.75) is 13.5 Å². The highest BCUT2D eigenvalue weighted by Crippen LogP contribution is 2.32. The molecule has 0 radical (unpaired) electrons. The van der Waals surface area contributed by atoms with Gasteiger partial charge in [0.1, 0.15) is 11.4 Å². The Morgan fingerprint density at radius 3 is 2.29 bits per heavy atom. The van der Waals surface area contributed by atoms with Crippen molar-refractivity contribution in [1.82, 2.24) is 4.90 Å². The number of hydrogen-bond acceptors (Lipinski definition) is 4. The number of aryl methyl sites for hydroxylation is 1. The number of methoxy groups -OCH3 is 1. The van der Waals surface area contributed by atoms with E-state index in [2.05, 4.69) is 5.32 Å². The Hall–Kier alpha value is -3.57. The second-order valence-electron chi connectivity index (χ2n) is 7.25. The summed E-state index contributed by atoms with van der Waals surface area (Å²) < 4.78 is 5.18. The van der Waals surface area contributed by atoms with Gasteiger partial charge < -0.3 is 10.1 Å². The average molecular weight is 433 g/mol. The highest BCUT2D eigenvalue weighted by Gasteiger charge is 2.39. The van der Waals surface area contributed by atoms with Crippen LogP contribution in [0.2, 0.25) is 5.02 Å². The van der Waals surface area contributed by atoms with Crippen LogP contribution in [0.5, 0.6) is 5.75 Å². The molecule has 5 nitrogen and oxygen atoms in total. The van der Waals surface area contributed by atoms with E-state index in [9.17, 15) is 9.59 Å². The fourth-order valence-corrected chi connectivity index (χ4v) is 3.62. The van der Waals surface area contributed by atoms with Gasteiger partial charge >= 0.3 is 0 Å². The molecular weight excluding hydrogens is 412 g/mol. The Morgan fingerprint density at radius 1 is 0.935 bits per heavy atom. The summed E-state index contributed by atoms with van der Waals surface area (Å²) in [5, 5.41) is 3.72. The van der Waals surface area contributed by atoms with E-state index in [0.717, 1.165) is 11.1 Å². The maximum absolute atomic E-state index is 13.3. The molecule has 2 amide bonds. The first-order valence-electron chi connectivity index (χ1n) is 9.80. The van der Waals surface area contributed by atoms with Crippen molar-refractivity contribution in [3.63, 3.8) is 0 Å². The molecule has 0 atom stereocenters. The summed E-state index contributed by atoms with van der Waals surface area (Å²) in [6.07, 6.45) is 0. The molecule has 0 spiro atoms. The molecule has 1 aliphatic rings. The lowest BCUT2D eigenvalue weighted by atomic mass is 10.0. The van der Waals surface area contributed by atoms with Crippen LogP contribution in [-0.2, 0) is 16.1 Å². The number of halogens is 1. The number of nitrogens with zero attached hydrogens (tertiary/aromatic N) is 1. The summed E-state index contributed by atoms with van der Waals surface area (Å²) in [6, 6.07) is 21.9. The van der Waals surface area contributed by atoms with Crippen LogP contribution in [0.15, 0.2) is 78.5 Å². The summed E-state index contributed by atoms with van der Waals surface area (Å²) in [5.41, 5.74) is 3.67. The van der Waals surface area contributed by atoms with E-state index >= 15 is 0 Å². The normalized spacial score (nSPS) is 13.7. The predicted molar refractivity (Wildman–Crippen MR) is 122 cm³/mol. The SMILES string of the molecule is COc1ccc(CN2C(=O)C(Nc3ccc(C)c(Cl)c3)=C(c3ccccc3)C2=O)cc1. The average Bonchev–Trinajstić information content (AvgIpc) is 3.01. The third-order valence-corrected chi connectivity index (χ3v) is 5.58. The van der Waals surface area contributed by atoms with Crippen LogP contribution in [-0.4, -0.2) is 23.8 Å². The molecule has 3 aromatic carbocycles. The molecule has 6 heteroatoms. The minimum absolute atomic E-state index is 0.165. The molecule has 1 heterocycles. The number of hydrogen-bond donors (Lipinski definition) is 1. The first-order valence-corrected chi connectivity index (χ1v) is 10.2. The second-order valence-corrected chi connectivity index (χ2v) is 7.66. The van der Waals surface area contributed by atoms with E-state index < -0.39 is 0 Å². The van der Waals surface area contributed by atoms with Crippen molar-refractivity contribution in [3.05, 3.63) is 100 Å². The number of amides is 2. The summed E-state index contributed by atoms with van der Waals surface area (Å²) in [4.78, 5) is 27.9. The molecule has 0 aliphatic carbocycles. The Balaban J connectivity index is 1.70. The first-order chi connectivity index (χ1) is 15.0. The van der Waals surface area contributed by atoms with Gasteiger partial charge in [-0.3, -0.25) is 14.5 Å². The molecular formula is C25H21ClN2O3. The molecule has 0 fully saturated rings. The molecule has 156 valence electrons. The minimum Gasteiger partial charge on any atom is -0.497 e. The van der Waals surface area contributed by atoms with Crippen molar-refractivity contribution < 1.29 is 14.3 Å². The zero-order valence-electron chi connectivity index (χ0n) is 17.2. The molecule has 1 N–H and O–H groups in total. The van der Waals surface area contributed by atoms with Crippen LogP contribution >= 0.6 is 11.6 Å². The minimum atomic E-state index is -0.378. The van der Waals surface area contributed by atoms with Gasteiger partial charge in [0.15, 0.2) is 0 Å². The third-order valence-electron chi connectivity index (χ3n) is 5.17. The number of carbonyl (C=O) groups is 2. The van der Waals surface area contributed by atoms with Crippen LogP contribution in [0.4, 0.5) is 5.69 Å². The van der Waals surface area contributed by atoms with Gasteiger partial charge in [-0.2, -0.15) is 0 Å². The van der Waals surface area contributed by atoms with Crippen molar-refractivity contribution in [3.8, 4) is 5.75 Å². The van der Waals surface area contributed by atoms with Gasteiger partial charge in [0.25, 0.3) is 11.8 Å². The smallest absolute Gasteiger partial charge is 0.278 e.